The minimum Gasteiger partial charge on any atom is -0.479 e. The fraction of sp³-hybridized carbons (Fsp3) is 0.684. The maximum atomic E-state index is 14.1. The number of benzene rings is 1. The third kappa shape index (κ3) is 8.90. The van der Waals surface area contributed by atoms with E-state index in [0.717, 1.165) is 37.9 Å². The van der Waals surface area contributed by atoms with Crippen LogP contribution in [-0.2, 0) is 30.2 Å². The lowest BCUT2D eigenvalue weighted by molar-refractivity contribution is -0.145. The predicted molar refractivity (Wildman–Crippen MR) is 190 cm³/mol. The summed E-state index contributed by atoms with van der Waals surface area (Å²) >= 11 is 0. The zero-order valence-corrected chi connectivity index (χ0v) is 30.6. The lowest BCUT2D eigenvalue weighted by Gasteiger charge is -2.40. The quantitative estimate of drug-likeness (QED) is 0.329. The molecule has 14 heteroatoms. The van der Waals surface area contributed by atoms with Gasteiger partial charge in [-0.15, -0.1) is 0 Å². The second-order valence-electron chi connectivity index (χ2n) is 15.8. The summed E-state index contributed by atoms with van der Waals surface area (Å²) in [7, 11) is 0. The van der Waals surface area contributed by atoms with Crippen LogP contribution in [0.2, 0.25) is 0 Å². The molecule has 7 atom stereocenters. The first-order valence-electron chi connectivity index (χ1n) is 18.8. The summed E-state index contributed by atoms with van der Waals surface area (Å²) in [5.74, 6) is -2.03. The Labute approximate surface area is 305 Å². The number of hydrogen-bond donors (Lipinski definition) is 4. The van der Waals surface area contributed by atoms with E-state index in [1.807, 2.05) is 24.3 Å². The second kappa shape index (κ2) is 16.1. The summed E-state index contributed by atoms with van der Waals surface area (Å²) in [6.07, 6.45) is 5.04. The van der Waals surface area contributed by atoms with E-state index in [4.69, 9.17) is 14.2 Å². The summed E-state index contributed by atoms with van der Waals surface area (Å²) in [5, 5.41) is 27.8. The molecule has 3 amide bonds. The summed E-state index contributed by atoms with van der Waals surface area (Å²) in [5.41, 5.74) is 0.0628. The van der Waals surface area contributed by atoms with Gasteiger partial charge in [0.15, 0.2) is 0 Å². The highest BCUT2D eigenvalue weighted by atomic mass is 16.6. The molecule has 2 unspecified atom stereocenters. The number of carbonyl (C=O) groups excluding carboxylic acids is 3. The number of carboxylic acid groups (broad SMARTS) is 1. The average molecular weight is 726 g/mol. The van der Waals surface area contributed by atoms with Crippen molar-refractivity contribution in [2.75, 3.05) is 45.9 Å². The highest BCUT2D eigenvalue weighted by Gasteiger charge is 2.61. The Kier molecular flexibility index (Phi) is 11.8. The van der Waals surface area contributed by atoms with Crippen molar-refractivity contribution in [3.05, 3.63) is 47.5 Å². The highest BCUT2D eigenvalue weighted by molar-refractivity contribution is 5.93. The lowest BCUT2D eigenvalue weighted by Crippen LogP contribution is -2.58. The number of carboxylic acids is 1. The third-order valence-electron chi connectivity index (χ3n) is 11.0. The number of aliphatic carboxylic acids is 1. The van der Waals surface area contributed by atoms with Gasteiger partial charge in [0.25, 0.3) is 0 Å². The van der Waals surface area contributed by atoms with Crippen molar-refractivity contribution in [1.82, 2.24) is 25.3 Å². The number of rotatable bonds is 5. The van der Waals surface area contributed by atoms with Crippen molar-refractivity contribution in [2.45, 2.75) is 114 Å². The molecule has 0 aromatic heterocycles. The highest BCUT2D eigenvalue weighted by Crippen LogP contribution is 2.45. The molecule has 2 saturated heterocycles. The largest absolute Gasteiger partial charge is 0.479 e. The third-order valence-corrected chi connectivity index (χ3v) is 11.0. The molecule has 4 aliphatic heterocycles. The Hall–Kier alpha value is -3.72. The SMILES string of the molecule is CC(C)(C)OC(=O)N[C@H]1CCCCC/C=C\[C@@H]2C[C@@]2(C(=O)O)NC(=O)[C@@H]2C[C@@H](OC(=O)N3CCc4ccccc4C3CN3CCOCC3)CN2C1O. The van der Waals surface area contributed by atoms with E-state index < -0.39 is 59.6 Å². The van der Waals surface area contributed by atoms with Gasteiger partial charge in [-0.25, -0.2) is 14.4 Å². The first kappa shape index (κ1) is 38.0. The van der Waals surface area contributed by atoms with Crippen LogP contribution < -0.4 is 10.6 Å². The minimum atomic E-state index is -1.44. The van der Waals surface area contributed by atoms with Gasteiger partial charge in [0.05, 0.1) is 31.3 Å². The molecule has 0 radical (unpaired) electrons. The van der Waals surface area contributed by atoms with Gasteiger partial charge < -0.3 is 35.1 Å². The molecule has 4 N–H and O–H groups in total. The number of allylic oxidation sites excluding steroid dienone is 1. The topological polar surface area (TPSA) is 170 Å². The summed E-state index contributed by atoms with van der Waals surface area (Å²) in [4.78, 5) is 59.2. The molecular formula is C38H55N5O9. The maximum absolute atomic E-state index is 14.1. The number of nitrogens with one attached hydrogen (secondary N) is 2. The number of aliphatic hydroxyl groups excluding tert-OH is 1. The Balaban J connectivity index is 1.24. The van der Waals surface area contributed by atoms with Crippen molar-refractivity contribution in [2.24, 2.45) is 5.92 Å². The minimum absolute atomic E-state index is 0.0133. The molecule has 1 aliphatic carbocycles. The van der Waals surface area contributed by atoms with Gasteiger partial charge in [-0.3, -0.25) is 19.5 Å². The van der Waals surface area contributed by atoms with E-state index in [9.17, 15) is 29.4 Å². The van der Waals surface area contributed by atoms with E-state index in [1.165, 1.54) is 10.5 Å². The number of ether oxygens (including phenoxy) is 3. The van der Waals surface area contributed by atoms with Crippen molar-refractivity contribution in [1.29, 1.82) is 0 Å². The Morgan fingerprint density at radius 1 is 1.10 bits per heavy atom. The number of amides is 3. The van der Waals surface area contributed by atoms with Crippen molar-refractivity contribution in [3.63, 3.8) is 0 Å². The van der Waals surface area contributed by atoms with E-state index in [2.05, 4.69) is 27.7 Å². The number of nitrogens with zero attached hydrogens (tertiary/aromatic N) is 3. The van der Waals surface area contributed by atoms with Crippen molar-refractivity contribution >= 4 is 24.1 Å². The molecule has 286 valence electrons. The van der Waals surface area contributed by atoms with Crippen molar-refractivity contribution in [3.8, 4) is 0 Å². The molecule has 1 saturated carbocycles. The van der Waals surface area contributed by atoms with E-state index >= 15 is 0 Å². The summed E-state index contributed by atoms with van der Waals surface area (Å²) in [6.45, 7) is 9.15. The number of hydrogen-bond acceptors (Lipinski definition) is 10. The summed E-state index contributed by atoms with van der Waals surface area (Å²) in [6, 6.07) is 6.07. The monoisotopic (exact) mass is 725 g/mol. The Morgan fingerprint density at radius 3 is 2.62 bits per heavy atom. The molecule has 0 spiro atoms. The van der Waals surface area contributed by atoms with Gasteiger partial charge in [0.1, 0.15) is 23.5 Å². The summed E-state index contributed by atoms with van der Waals surface area (Å²) < 4.78 is 17.3. The normalized spacial score (nSPS) is 32.5. The number of alkyl carbamates (subject to hydrolysis) is 1. The van der Waals surface area contributed by atoms with E-state index in [0.29, 0.717) is 45.6 Å². The van der Waals surface area contributed by atoms with Crippen LogP contribution in [0.15, 0.2) is 36.4 Å². The van der Waals surface area contributed by atoms with Crippen LogP contribution in [0.5, 0.6) is 0 Å². The number of carbonyl (C=O) groups is 4. The first-order chi connectivity index (χ1) is 24.8. The molecule has 5 aliphatic rings. The zero-order chi connectivity index (χ0) is 37.0. The van der Waals surface area contributed by atoms with Crippen LogP contribution in [0.3, 0.4) is 0 Å². The van der Waals surface area contributed by atoms with Crippen LogP contribution in [0.4, 0.5) is 9.59 Å². The fourth-order valence-electron chi connectivity index (χ4n) is 8.08. The smallest absolute Gasteiger partial charge is 0.410 e. The molecule has 0 bridgehead atoms. The molecule has 4 heterocycles. The van der Waals surface area contributed by atoms with E-state index in [-0.39, 0.29) is 31.3 Å². The average Bonchev–Trinajstić information content (AvgIpc) is 3.64. The molecule has 1 aromatic carbocycles. The fourth-order valence-corrected chi connectivity index (χ4v) is 8.08. The van der Waals surface area contributed by atoms with Crippen LogP contribution >= 0.6 is 0 Å². The Morgan fingerprint density at radius 2 is 1.87 bits per heavy atom. The zero-order valence-electron chi connectivity index (χ0n) is 30.6. The first-order valence-corrected chi connectivity index (χ1v) is 18.8. The van der Waals surface area contributed by atoms with Gasteiger partial charge >= 0.3 is 18.2 Å². The molecule has 3 fully saturated rings. The van der Waals surface area contributed by atoms with Crippen LogP contribution in [0.25, 0.3) is 0 Å². The predicted octanol–water partition coefficient (Wildman–Crippen LogP) is 3.19. The van der Waals surface area contributed by atoms with Crippen LogP contribution in [-0.4, -0.2) is 130 Å². The van der Waals surface area contributed by atoms with E-state index in [1.54, 1.807) is 25.7 Å². The van der Waals surface area contributed by atoms with Gasteiger partial charge in [-0.2, -0.15) is 0 Å². The molecule has 6 rings (SSSR count). The Bertz CT molecular complexity index is 1490. The van der Waals surface area contributed by atoms with Gasteiger partial charge in [0, 0.05) is 45.1 Å². The van der Waals surface area contributed by atoms with Crippen LogP contribution in [0, 0.1) is 5.92 Å². The molecular weight excluding hydrogens is 670 g/mol. The molecule has 14 nitrogen and oxygen atoms in total. The second-order valence-corrected chi connectivity index (χ2v) is 15.8. The van der Waals surface area contributed by atoms with Gasteiger partial charge in [0.2, 0.25) is 5.91 Å². The number of morpholine rings is 1. The standard InChI is InChI=1S/C38H55N5O9/c1-37(2,3)52-35(48)39-29-14-8-6-4-5-7-12-26-22-38(26,34(46)47)40-32(44)30-21-27(23-43(30)33(29)45)51-36(49)42-16-15-25-11-9-10-13-28(25)31(42)24-41-17-19-50-20-18-41/h7,9-13,26-27,29-31,33,45H,4-6,8,14-24H2,1-3H3,(H,39,48)(H,40,44)(H,46,47)/b12-7-/t26-,27-,29+,30+,31?,33?,38-/m1/s1. The maximum Gasteiger partial charge on any atom is 0.410 e. The number of fused-ring (bicyclic) bond motifs is 3. The lowest BCUT2D eigenvalue weighted by atomic mass is 9.92. The molecule has 1 aromatic rings. The van der Waals surface area contributed by atoms with Crippen molar-refractivity contribution < 1.29 is 43.6 Å². The molecule has 52 heavy (non-hydrogen) atoms. The van der Waals surface area contributed by atoms with Gasteiger partial charge in [-0.05, 0) is 64.0 Å². The van der Waals surface area contributed by atoms with Gasteiger partial charge in [-0.1, -0.05) is 49.3 Å². The number of aliphatic hydroxyl groups is 1. The van der Waals surface area contributed by atoms with Crippen LogP contribution in [0.1, 0.15) is 82.9 Å².